The number of halogens is 1. The summed E-state index contributed by atoms with van der Waals surface area (Å²) >= 11 is 3.43. The van der Waals surface area contributed by atoms with Crippen LogP contribution in [-0.4, -0.2) is 22.6 Å². The van der Waals surface area contributed by atoms with Gasteiger partial charge in [-0.1, -0.05) is 40.2 Å². The molecule has 0 aliphatic carbocycles. The fourth-order valence-electron chi connectivity index (χ4n) is 2.68. The van der Waals surface area contributed by atoms with Crippen molar-refractivity contribution < 1.29 is 9.53 Å². The monoisotopic (exact) mass is 425 g/mol. The molecule has 0 atom stereocenters. The van der Waals surface area contributed by atoms with Crippen LogP contribution in [-0.2, 0) is 17.9 Å². The summed E-state index contributed by atoms with van der Waals surface area (Å²) in [6.07, 6.45) is 8.73. The van der Waals surface area contributed by atoms with E-state index in [1.54, 1.807) is 25.7 Å². The average Bonchev–Trinajstić information content (AvgIpc) is 3.18. The van der Waals surface area contributed by atoms with E-state index < -0.39 is 0 Å². The van der Waals surface area contributed by atoms with Crippen molar-refractivity contribution in [1.82, 2.24) is 14.9 Å². The van der Waals surface area contributed by atoms with E-state index in [1.165, 1.54) is 6.08 Å². The molecule has 0 saturated heterocycles. The predicted octanol–water partition coefficient (Wildman–Crippen LogP) is 4.03. The molecule has 0 spiro atoms. The number of nitrogens with zero attached hydrogens (tertiary/aromatic N) is 2. The lowest BCUT2D eigenvalue weighted by atomic mass is 10.1. The van der Waals surface area contributed by atoms with Crippen LogP contribution in [0.4, 0.5) is 0 Å². The number of imidazole rings is 1. The number of benzene rings is 2. The third-order valence-corrected chi connectivity index (χ3v) is 4.48. The Kier molecular flexibility index (Phi) is 6.44. The molecule has 0 fully saturated rings. The molecule has 2 aromatic carbocycles. The Balaban J connectivity index is 1.58. The summed E-state index contributed by atoms with van der Waals surface area (Å²) in [7, 11) is 1.61. The van der Waals surface area contributed by atoms with Crippen molar-refractivity contribution in [3.05, 3.63) is 88.4 Å². The number of amides is 1. The zero-order chi connectivity index (χ0) is 19.1. The molecule has 0 saturated carbocycles. The lowest BCUT2D eigenvalue weighted by molar-refractivity contribution is -0.116. The summed E-state index contributed by atoms with van der Waals surface area (Å²) in [6.45, 7) is 1.22. The summed E-state index contributed by atoms with van der Waals surface area (Å²) in [6, 6.07) is 13.8. The first-order chi connectivity index (χ1) is 13.1. The van der Waals surface area contributed by atoms with Gasteiger partial charge in [0.15, 0.2) is 0 Å². The molecule has 0 bridgehead atoms. The third kappa shape index (κ3) is 5.56. The van der Waals surface area contributed by atoms with E-state index in [4.69, 9.17) is 4.74 Å². The van der Waals surface area contributed by atoms with E-state index in [0.717, 1.165) is 33.5 Å². The van der Waals surface area contributed by atoms with Gasteiger partial charge in [-0.2, -0.15) is 0 Å². The van der Waals surface area contributed by atoms with Gasteiger partial charge in [-0.15, -0.1) is 0 Å². The van der Waals surface area contributed by atoms with Crippen LogP contribution in [0.25, 0.3) is 6.08 Å². The van der Waals surface area contributed by atoms with Gasteiger partial charge in [0.25, 0.3) is 0 Å². The van der Waals surface area contributed by atoms with Crippen LogP contribution in [0.15, 0.2) is 71.7 Å². The number of carbonyl (C=O) groups excluding carboxylic acids is 1. The fraction of sp³-hybridized carbons (Fsp3) is 0.143. The molecule has 1 amide bonds. The lowest BCUT2D eigenvalue weighted by Gasteiger charge is -2.07. The van der Waals surface area contributed by atoms with Crippen LogP contribution in [0.3, 0.4) is 0 Å². The minimum Gasteiger partial charge on any atom is -0.496 e. The molecule has 3 aromatic rings. The van der Waals surface area contributed by atoms with E-state index in [-0.39, 0.29) is 5.91 Å². The second-order valence-electron chi connectivity index (χ2n) is 5.99. The molecule has 138 valence electrons. The van der Waals surface area contributed by atoms with Gasteiger partial charge < -0.3 is 14.6 Å². The van der Waals surface area contributed by atoms with Crippen molar-refractivity contribution in [2.24, 2.45) is 0 Å². The van der Waals surface area contributed by atoms with Crippen LogP contribution in [0.5, 0.6) is 5.75 Å². The molecule has 5 nitrogen and oxygen atoms in total. The molecule has 1 heterocycles. The number of methoxy groups -OCH3 is 1. The molecule has 3 rings (SSSR count). The smallest absolute Gasteiger partial charge is 0.244 e. The lowest BCUT2D eigenvalue weighted by Crippen LogP contribution is -2.20. The number of rotatable bonds is 7. The standard InChI is InChI=1S/C21H20BrN3O2/c1-27-20-7-6-19(22)12-18(20)5-8-21(26)24-13-16-3-2-4-17(11-16)14-25-10-9-23-15-25/h2-12,15H,13-14H2,1H3,(H,24,26)/b8-5+. The number of nitrogens with one attached hydrogen (secondary N) is 1. The predicted molar refractivity (Wildman–Crippen MR) is 109 cm³/mol. The largest absolute Gasteiger partial charge is 0.496 e. The van der Waals surface area contributed by atoms with Crippen LogP contribution in [0.2, 0.25) is 0 Å². The van der Waals surface area contributed by atoms with Crippen molar-refractivity contribution in [2.45, 2.75) is 13.1 Å². The highest BCUT2D eigenvalue weighted by Gasteiger charge is 2.03. The highest BCUT2D eigenvalue weighted by atomic mass is 79.9. The maximum Gasteiger partial charge on any atom is 0.244 e. The Morgan fingerprint density at radius 2 is 2.11 bits per heavy atom. The summed E-state index contributed by atoms with van der Waals surface area (Å²) in [5.41, 5.74) is 3.05. The average molecular weight is 426 g/mol. The molecule has 0 unspecified atom stereocenters. The van der Waals surface area contributed by atoms with E-state index in [1.807, 2.05) is 41.1 Å². The Bertz CT molecular complexity index is 936. The van der Waals surface area contributed by atoms with Crippen LogP contribution < -0.4 is 10.1 Å². The quantitative estimate of drug-likeness (QED) is 0.581. The molecule has 1 N–H and O–H groups in total. The van der Waals surface area contributed by atoms with Crippen molar-refractivity contribution in [1.29, 1.82) is 0 Å². The first-order valence-electron chi connectivity index (χ1n) is 8.47. The summed E-state index contributed by atoms with van der Waals surface area (Å²) < 4.78 is 8.24. The number of carbonyl (C=O) groups is 1. The molecule has 0 aliphatic rings. The molecule has 0 radical (unpaired) electrons. The first kappa shape index (κ1) is 18.9. The first-order valence-corrected chi connectivity index (χ1v) is 9.26. The maximum atomic E-state index is 12.2. The Morgan fingerprint density at radius 1 is 1.26 bits per heavy atom. The second kappa shape index (κ2) is 9.19. The van der Waals surface area contributed by atoms with Crippen molar-refractivity contribution >= 4 is 27.9 Å². The zero-order valence-electron chi connectivity index (χ0n) is 14.9. The normalized spacial score (nSPS) is 10.9. The molecule has 6 heteroatoms. The number of ether oxygens (including phenoxy) is 1. The number of aromatic nitrogens is 2. The van der Waals surface area contributed by atoms with Crippen molar-refractivity contribution in [2.75, 3.05) is 7.11 Å². The highest BCUT2D eigenvalue weighted by molar-refractivity contribution is 9.10. The SMILES string of the molecule is COc1ccc(Br)cc1/C=C/C(=O)NCc1cccc(Cn2ccnc2)c1. The minimum atomic E-state index is -0.156. The summed E-state index contributed by atoms with van der Waals surface area (Å²) in [5.74, 6) is 0.562. The van der Waals surface area contributed by atoms with Gasteiger partial charge in [-0.05, 0) is 35.4 Å². The summed E-state index contributed by atoms with van der Waals surface area (Å²) in [4.78, 5) is 16.2. The van der Waals surface area contributed by atoms with Crippen LogP contribution in [0.1, 0.15) is 16.7 Å². The number of hydrogen-bond donors (Lipinski definition) is 1. The van der Waals surface area contributed by atoms with Gasteiger partial charge in [0.05, 0.1) is 13.4 Å². The third-order valence-electron chi connectivity index (χ3n) is 3.99. The molecular weight excluding hydrogens is 406 g/mol. The van der Waals surface area contributed by atoms with E-state index in [0.29, 0.717) is 6.54 Å². The van der Waals surface area contributed by atoms with E-state index in [2.05, 4.69) is 38.4 Å². The van der Waals surface area contributed by atoms with Crippen LogP contribution in [0, 0.1) is 0 Å². The van der Waals surface area contributed by atoms with Gasteiger partial charge in [0.1, 0.15) is 5.75 Å². The van der Waals surface area contributed by atoms with Gasteiger partial charge in [-0.25, -0.2) is 4.98 Å². The Hall–Kier alpha value is -2.86. The van der Waals surface area contributed by atoms with E-state index in [9.17, 15) is 4.79 Å². The minimum absolute atomic E-state index is 0.156. The van der Waals surface area contributed by atoms with Gasteiger partial charge in [0, 0.05) is 41.6 Å². The molecular formula is C21H20BrN3O2. The topological polar surface area (TPSA) is 56.1 Å². The van der Waals surface area contributed by atoms with Gasteiger partial charge >= 0.3 is 0 Å². The second-order valence-corrected chi connectivity index (χ2v) is 6.91. The molecule has 1 aromatic heterocycles. The Morgan fingerprint density at radius 3 is 2.89 bits per heavy atom. The fourth-order valence-corrected chi connectivity index (χ4v) is 3.06. The van der Waals surface area contributed by atoms with Gasteiger partial charge in [0.2, 0.25) is 5.91 Å². The zero-order valence-corrected chi connectivity index (χ0v) is 16.5. The van der Waals surface area contributed by atoms with Crippen molar-refractivity contribution in [3.63, 3.8) is 0 Å². The maximum absolute atomic E-state index is 12.2. The highest BCUT2D eigenvalue weighted by Crippen LogP contribution is 2.24. The number of hydrogen-bond acceptors (Lipinski definition) is 3. The van der Waals surface area contributed by atoms with Crippen LogP contribution >= 0.6 is 15.9 Å². The summed E-state index contributed by atoms with van der Waals surface area (Å²) in [5, 5.41) is 2.91. The van der Waals surface area contributed by atoms with Crippen molar-refractivity contribution in [3.8, 4) is 5.75 Å². The molecule has 0 aliphatic heterocycles. The molecule has 27 heavy (non-hydrogen) atoms. The van der Waals surface area contributed by atoms with E-state index >= 15 is 0 Å². The Labute approximate surface area is 166 Å². The van der Waals surface area contributed by atoms with Gasteiger partial charge in [-0.3, -0.25) is 4.79 Å².